The van der Waals surface area contributed by atoms with E-state index < -0.39 is 63.2 Å². The number of aliphatic hydroxyl groups is 2. The molecule has 6 atom stereocenters. The van der Waals surface area contributed by atoms with Gasteiger partial charge in [-0.3, -0.25) is 13.9 Å². The van der Waals surface area contributed by atoms with Gasteiger partial charge < -0.3 is 35.3 Å². The molecule has 15 nitrogen and oxygen atoms in total. The SMILES string of the molecule is CNc1nc(N)nc2c1ncn2[C@@H]1O[C@H](CO[P@@](=O)(NC(C)C(=O)OC(C)C)Oc2ccccc2)[C@@H](O)C1(F)CO. The topological polar surface area (TPSA) is 205 Å². The molecule has 3 heterocycles. The number of imidazole rings is 1. The Morgan fingerprint density at radius 1 is 1.29 bits per heavy atom. The van der Waals surface area contributed by atoms with Gasteiger partial charge in [0.25, 0.3) is 0 Å². The number of nitrogen functional groups attached to an aromatic ring is 1. The first-order valence-corrected chi connectivity index (χ1v) is 14.2. The van der Waals surface area contributed by atoms with Crippen LogP contribution < -0.4 is 20.7 Å². The molecule has 1 aromatic carbocycles. The van der Waals surface area contributed by atoms with Crippen molar-refractivity contribution < 1.29 is 42.5 Å². The number of esters is 1. The number of nitrogens with two attached hydrogens (primary N) is 1. The van der Waals surface area contributed by atoms with Crippen molar-refractivity contribution in [2.24, 2.45) is 0 Å². The number of carbonyl (C=O) groups excluding carboxylic acids is 1. The van der Waals surface area contributed by atoms with Crippen LogP contribution in [-0.4, -0.2) is 86.0 Å². The van der Waals surface area contributed by atoms with Crippen molar-refractivity contribution in [1.29, 1.82) is 0 Å². The summed E-state index contributed by atoms with van der Waals surface area (Å²) in [4.78, 5) is 24.7. The molecular formula is C24H33FN7O8P. The number of benzene rings is 1. The number of anilines is 2. The highest BCUT2D eigenvalue weighted by Crippen LogP contribution is 2.48. The van der Waals surface area contributed by atoms with Gasteiger partial charge in [0.1, 0.15) is 24.0 Å². The van der Waals surface area contributed by atoms with Crippen LogP contribution in [-0.2, 0) is 23.4 Å². The Morgan fingerprint density at radius 2 is 2.00 bits per heavy atom. The number of aromatic nitrogens is 4. The predicted molar refractivity (Wildman–Crippen MR) is 145 cm³/mol. The number of fused-ring (bicyclic) bond motifs is 1. The summed E-state index contributed by atoms with van der Waals surface area (Å²) >= 11 is 0. The van der Waals surface area contributed by atoms with Gasteiger partial charge in [0.2, 0.25) is 11.6 Å². The van der Waals surface area contributed by atoms with Crippen molar-refractivity contribution in [2.45, 2.75) is 57.0 Å². The highest BCUT2D eigenvalue weighted by atomic mass is 31.2. The fourth-order valence-corrected chi connectivity index (χ4v) is 5.69. The van der Waals surface area contributed by atoms with Gasteiger partial charge in [-0.05, 0) is 32.9 Å². The highest BCUT2D eigenvalue weighted by molar-refractivity contribution is 7.52. The Bertz CT molecular complexity index is 1410. The standard InChI is InChI=1S/C24H33FN7O8P/c1-13(2)38-21(35)14(3)31-41(36,40-15-8-6-5-7-9-15)37-10-16-18(34)24(25,11-33)22(39-16)32-12-28-17-19(27-4)29-23(26)30-20(17)32/h5-9,12-14,16,18,22,33-34H,10-11H2,1-4H3,(H,31,36)(H3,26,27,29,30)/t14?,16-,18-,22-,24?,41+/m1/s1. The second-order valence-corrected chi connectivity index (χ2v) is 11.3. The molecule has 1 saturated heterocycles. The zero-order chi connectivity index (χ0) is 29.9. The lowest BCUT2D eigenvalue weighted by Gasteiger charge is -2.27. The van der Waals surface area contributed by atoms with Gasteiger partial charge in [-0.15, -0.1) is 0 Å². The number of aliphatic hydroxyl groups excluding tert-OH is 2. The minimum absolute atomic E-state index is 0.0772. The van der Waals surface area contributed by atoms with E-state index in [2.05, 4.69) is 25.4 Å². The van der Waals surface area contributed by atoms with Gasteiger partial charge >= 0.3 is 13.7 Å². The largest absolute Gasteiger partial charge is 0.462 e. The number of rotatable bonds is 12. The van der Waals surface area contributed by atoms with E-state index in [4.69, 9.17) is 24.3 Å². The number of para-hydroxylation sites is 1. The molecule has 3 aromatic rings. The molecule has 0 amide bonds. The van der Waals surface area contributed by atoms with E-state index in [9.17, 15) is 19.6 Å². The van der Waals surface area contributed by atoms with E-state index in [0.29, 0.717) is 0 Å². The molecule has 0 bridgehead atoms. The van der Waals surface area contributed by atoms with Crippen LogP contribution in [0.25, 0.3) is 11.2 Å². The number of carbonyl (C=O) groups is 1. The minimum atomic E-state index is -4.35. The molecule has 1 aliphatic heterocycles. The number of alkyl halides is 1. The van der Waals surface area contributed by atoms with Crippen molar-refractivity contribution in [2.75, 3.05) is 31.3 Å². The zero-order valence-corrected chi connectivity index (χ0v) is 23.7. The molecule has 1 aliphatic rings. The van der Waals surface area contributed by atoms with Crippen LogP contribution in [0.3, 0.4) is 0 Å². The van der Waals surface area contributed by atoms with Gasteiger partial charge in [0, 0.05) is 7.05 Å². The second kappa shape index (κ2) is 12.2. The fourth-order valence-electron chi connectivity index (χ4n) is 4.19. The molecule has 4 rings (SSSR count). The Morgan fingerprint density at radius 3 is 2.63 bits per heavy atom. The Kier molecular flexibility index (Phi) is 9.11. The van der Waals surface area contributed by atoms with Crippen LogP contribution in [0.4, 0.5) is 16.2 Å². The summed E-state index contributed by atoms with van der Waals surface area (Å²) < 4.78 is 53.2. The molecular weight excluding hydrogens is 564 g/mol. The number of ether oxygens (including phenoxy) is 2. The predicted octanol–water partition coefficient (Wildman–Crippen LogP) is 1.54. The fraction of sp³-hybridized carbons (Fsp3) is 0.500. The summed E-state index contributed by atoms with van der Waals surface area (Å²) in [7, 11) is -2.76. The molecule has 0 spiro atoms. The average molecular weight is 598 g/mol. The molecule has 2 aromatic heterocycles. The molecule has 224 valence electrons. The summed E-state index contributed by atoms with van der Waals surface area (Å²) in [5.74, 6) is -0.426. The average Bonchev–Trinajstić information content (AvgIpc) is 3.45. The van der Waals surface area contributed by atoms with E-state index >= 15 is 4.39 Å². The van der Waals surface area contributed by atoms with E-state index in [1.165, 1.54) is 25.4 Å². The van der Waals surface area contributed by atoms with Gasteiger partial charge in [0.05, 0.1) is 25.6 Å². The van der Waals surface area contributed by atoms with Crippen LogP contribution in [0.2, 0.25) is 0 Å². The summed E-state index contributed by atoms with van der Waals surface area (Å²) in [5, 5.41) is 26.2. The zero-order valence-electron chi connectivity index (χ0n) is 22.8. The van der Waals surface area contributed by atoms with E-state index in [1.54, 1.807) is 39.1 Å². The summed E-state index contributed by atoms with van der Waals surface area (Å²) in [6.45, 7) is 2.90. The van der Waals surface area contributed by atoms with E-state index in [0.717, 1.165) is 4.57 Å². The number of nitrogens with zero attached hydrogens (tertiary/aromatic N) is 4. The maximum atomic E-state index is 16.1. The number of hydrogen-bond acceptors (Lipinski definition) is 13. The molecule has 0 radical (unpaired) electrons. The van der Waals surface area contributed by atoms with Gasteiger partial charge in [-0.2, -0.15) is 15.1 Å². The third-order valence-electron chi connectivity index (χ3n) is 6.16. The van der Waals surface area contributed by atoms with Crippen LogP contribution in [0.15, 0.2) is 36.7 Å². The third-order valence-corrected chi connectivity index (χ3v) is 7.81. The van der Waals surface area contributed by atoms with Gasteiger partial charge in [0.15, 0.2) is 23.2 Å². The first kappa shape index (κ1) is 30.6. The Hall–Kier alpha value is -3.40. The summed E-state index contributed by atoms with van der Waals surface area (Å²) in [6.07, 6.45) is -4.27. The Labute approximate surface area is 234 Å². The molecule has 2 unspecified atom stereocenters. The molecule has 17 heteroatoms. The quantitative estimate of drug-likeness (QED) is 0.148. The monoisotopic (exact) mass is 597 g/mol. The number of nitrogens with one attached hydrogen (secondary N) is 2. The van der Waals surface area contributed by atoms with Crippen molar-refractivity contribution in [3.63, 3.8) is 0 Å². The highest BCUT2D eigenvalue weighted by Gasteiger charge is 2.59. The first-order valence-electron chi connectivity index (χ1n) is 12.7. The number of hydrogen-bond donors (Lipinski definition) is 5. The molecule has 1 fully saturated rings. The lowest BCUT2D eigenvalue weighted by Crippen LogP contribution is -2.46. The van der Waals surface area contributed by atoms with Crippen LogP contribution >= 0.6 is 7.75 Å². The van der Waals surface area contributed by atoms with Crippen LogP contribution in [0.5, 0.6) is 5.75 Å². The second-order valence-electron chi connectivity index (χ2n) is 9.60. The summed E-state index contributed by atoms with van der Waals surface area (Å²) in [5.41, 5.74) is 3.35. The van der Waals surface area contributed by atoms with Crippen molar-refractivity contribution in [1.82, 2.24) is 24.6 Å². The molecule has 0 aliphatic carbocycles. The van der Waals surface area contributed by atoms with Gasteiger partial charge in [-0.1, -0.05) is 18.2 Å². The van der Waals surface area contributed by atoms with Crippen LogP contribution in [0, 0.1) is 0 Å². The molecule has 6 N–H and O–H groups in total. The van der Waals surface area contributed by atoms with E-state index in [1.807, 2.05) is 0 Å². The maximum Gasteiger partial charge on any atom is 0.459 e. The smallest absolute Gasteiger partial charge is 0.459 e. The number of halogens is 1. The van der Waals surface area contributed by atoms with Crippen molar-refractivity contribution in [3.8, 4) is 5.75 Å². The molecule has 0 saturated carbocycles. The minimum Gasteiger partial charge on any atom is -0.462 e. The normalized spacial score (nSPS) is 24.7. The third kappa shape index (κ3) is 6.42. The van der Waals surface area contributed by atoms with Crippen LogP contribution in [0.1, 0.15) is 27.0 Å². The lowest BCUT2D eigenvalue weighted by molar-refractivity contribution is -0.149. The van der Waals surface area contributed by atoms with E-state index in [-0.39, 0.29) is 28.7 Å². The van der Waals surface area contributed by atoms with Gasteiger partial charge in [-0.25, -0.2) is 13.9 Å². The Balaban J connectivity index is 1.59. The van der Waals surface area contributed by atoms with Crippen molar-refractivity contribution >= 4 is 36.6 Å². The molecule has 41 heavy (non-hydrogen) atoms. The summed E-state index contributed by atoms with van der Waals surface area (Å²) in [6, 6.07) is 6.88. The maximum absolute atomic E-state index is 16.1. The van der Waals surface area contributed by atoms with Crippen molar-refractivity contribution in [3.05, 3.63) is 36.7 Å². The lowest BCUT2D eigenvalue weighted by atomic mass is 9.97. The first-order chi connectivity index (χ1) is 19.4.